The first-order chi connectivity index (χ1) is 7.15. The lowest BCUT2D eigenvalue weighted by atomic mass is 9.99. The third kappa shape index (κ3) is 2.11. The van der Waals surface area contributed by atoms with Crippen LogP contribution in [-0.2, 0) is 0 Å². The zero-order valence-electron chi connectivity index (χ0n) is 8.50. The number of ether oxygens (including phenoxy) is 1. The molecule has 0 atom stereocenters. The maximum absolute atomic E-state index is 11.6. The summed E-state index contributed by atoms with van der Waals surface area (Å²) in [5.74, 6) is -0.0642. The molecule has 0 fully saturated rings. The molecule has 0 aliphatic carbocycles. The van der Waals surface area contributed by atoms with Crippen molar-refractivity contribution in [3.63, 3.8) is 0 Å². The van der Waals surface area contributed by atoms with Crippen molar-refractivity contribution in [3.8, 4) is 11.8 Å². The summed E-state index contributed by atoms with van der Waals surface area (Å²) in [6.45, 7) is 1.77. The molecule has 15 heavy (non-hydrogen) atoms. The normalized spacial score (nSPS) is 9.47. The molecule has 0 saturated heterocycles. The fourth-order valence-corrected chi connectivity index (χ4v) is 1.48. The fourth-order valence-electron chi connectivity index (χ4n) is 1.35. The molecule has 78 valence electrons. The molecule has 0 spiro atoms. The van der Waals surface area contributed by atoms with Crippen LogP contribution in [0.5, 0.6) is 5.75 Å². The van der Waals surface area contributed by atoms with E-state index in [1.807, 2.05) is 6.07 Å². The number of benzene rings is 1. The van der Waals surface area contributed by atoms with Gasteiger partial charge in [0.2, 0.25) is 0 Å². The van der Waals surface area contributed by atoms with Gasteiger partial charge in [-0.25, -0.2) is 0 Å². The van der Waals surface area contributed by atoms with Crippen molar-refractivity contribution in [2.75, 3.05) is 13.0 Å². The van der Waals surface area contributed by atoms with E-state index in [-0.39, 0.29) is 17.2 Å². The molecule has 0 aliphatic rings. The minimum Gasteiger partial charge on any atom is -0.496 e. The van der Waals surface area contributed by atoms with Crippen LogP contribution in [0.3, 0.4) is 0 Å². The molecule has 0 heterocycles. The van der Waals surface area contributed by atoms with E-state index in [0.717, 1.165) is 5.56 Å². The van der Waals surface area contributed by atoms with Crippen LogP contribution in [0.1, 0.15) is 21.5 Å². The molecule has 0 N–H and O–H groups in total. The number of methoxy groups -OCH3 is 1. The standard InChI is InChI=1S/C11H10ClNO2/c1-7-3-4-10(15-2)11(8(7)6-13)9(14)5-12/h3-4H,5H2,1-2H3. The maximum atomic E-state index is 11.6. The molecule has 4 heteroatoms. The molecule has 0 aromatic heterocycles. The average molecular weight is 224 g/mol. The second-order valence-corrected chi connectivity index (χ2v) is 3.27. The van der Waals surface area contributed by atoms with E-state index < -0.39 is 0 Å². The Kier molecular flexibility index (Phi) is 3.70. The average Bonchev–Trinajstić information content (AvgIpc) is 2.27. The number of hydrogen-bond acceptors (Lipinski definition) is 3. The van der Waals surface area contributed by atoms with Crippen LogP contribution in [0.15, 0.2) is 12.1 Å². The van der Waals surface area contributed by atoms with Gasteiger partial charge in [0.1, 0.15) is 11.8 Å². The number of alkyl halides is 1. The maximum Gasteiger partial charge on any atom is 0.182 e. The largest absolute Gasteiger partial charge is 0.496 e. The third-order valence-electron chi connectivity index (χ3n) is 2.11. The molecular weight excluding hydrogens is 214 g/mol. The molecule has 1 aromatic rings. The van der Waals surface area contributed by atoms with E-state index in [9.17, 15) is 4.79 Å². The van der Waals surface area contributed by atoms with E-state index in [0.29, 0.717) is 11.3 Å². The van der Waals surface area contributed by atoms with Crippen molar-refractivity contribution < 1.29 is 9.53 Å². The van der Waals surface area contributed by atoms with Crippen molar-refractivity contribution in [2.24, 2.45) is 0 Å². The van der Waals surface area contributed by atoms with Gasteiger partial charge < -0.3 is 4.74 Å². The smallest absolute Gasteiger partial charge is 0.182 e. The Morgan fingerprint density at radius 3 is 2.73 bits per heavy atom. The number of hydrogen-bond donors (Lipinski definition) is 0. The predicted molar refractivity (Wildman–Crippen MR) is 57.5 cm³/mol. The Morgan fingerprint density at radius 2 is 2.27 bits per heavy atom. The topological polar surface area (TPSA) is 50.1 Å². The molecule has 1 aromatic carbocycles. The van der Waals surface area contributed by atoms with E-state index >= 15 is 0 Å². The van der Waals surface area contributed by atoms with E-state index in [4.69, 9.17) is 21.6 Å². The van der Waals surface area contributed by atoms with Crippen molar-refractivity contribution in [1.29, 1.82) is 5.26 Å². The van der Waals surface area contributed by atoms with E-state index in [2.05, 4.69) is 0 Å². The highest BCUT2D eigenvalue weighted by Crippen LogP contribution is 2.25. The van der Waals surface area contributed by atoms with E-state index in [1.165, 1.54) is 7.11 Å². The number of rotatable bonds is 3. The number of nitrogens with zero attached hydrogens (tertiary/aromatic N) is 1. The number of carbonyl (C=O) groups excluding carboxylic acids is 1. The quantitative estimate of drug-likeness (QED) is 0.584. The van der Waals surface area contributed by atoms with Gasteiger partial charge in [-0.1, -0.05) is 6.07 Å². The zero-order chi connectivity index (χ0) is 11.4. The lowest BCUT2D eigenvalue weighted by Gasteiger charge is -2.09. The Bertz CT molecular complexity index is 435. The number of ketones is 1. The lowest BCUT2D eigenvalue weighted by molar-refractivity contribution is 0.101. The van der Waals surface area contributed by atoms with Crippen molar-refractivity contribution in [3.05, 3.63) is 28.8 Å². The zero-order valence-corrected chi connectivity index (χ0v) is 9.26. The van der Waals surface area contributed by atoms with Crippen LogP contribution in [-0.4, -0.2) is 18.8 Å². The second kappa shape index (κ2) is 4.81. The highest BCUT2D eigenvalue weighted by atomic mass is 35.5. The highest BCUT2D eigenvalue weighted by molar-refractivity contribution is 6.31. The number of carbonyl (C=O) groups is 1. The number of aryl methyl sites for hydroxylation is 1. The van der Waals surface area contributed by atoms with E-state index in [1.54, 1.807) is 19.1 Å². The summed E-state index contributed by atoms with van der Waals surface area (Å²) in [4.78, 5) is 11.6. The highest BCUT2D eigenvalue weighted by Gasteiger charge is 2.18. The van der Waals surface area contributed by atoms with Crippen LogP contribution >= 0.6 is 11.6 Å². The SMILES string of the molecule is COc1ccc(C)c(C#N)c1C(=O)CCl. The lowest BCUT2D eigenvalue weighted by Crippen LogP contribution is -2.07. The molecular formula is C11H10ClNO2. The Hall–Kier alpha value is -1.53. The first-order valence-corrected chi connectivity index (χ1v) is 4.86. The molecule has 0 saturated carbocycles. The number of halogens is 1. The predicted octanol–water partition coefficient (Wildman–Crippen LogP) is 2.30. The molecule has 0 amide bonds. The molecule has 0 unspecified atom stereocenters. The molecule has 0 aliphatic heterocycles. The third-order valence-corrected chi connectivity index (χ3v) is 2.35. The molecule has 0 radical (unpaired) electrons. The summed E-state index contributed by atoms with van der Waals surface area (Å²) in [6, 6.07) is 5.40. The van der Waals surface area contributed by atoms with Gasteiger partial charge in [-0.2, -0.15) is 5.26 Å². The van der Waals surface area contributed by atoms with Gasteiger partial charge in [0.15, 0.2) is 5.78 Å². The summed E-state index contributed by atoms with van der Waals surface area (Å²) in [5.41, 5.74) is 1.35. The Labute approximate surface area is 93.2 Å². The minimum atomic E-state index is -0.297. The minimum absolute atomic E-state index is 0.158. The van der Waals surface area contributed by atoms with Crippen LogP contribution in [0.25, 0.3) is 0 Å². The van der Waals surface area contributed by atoms with Gasteiger partial charge in [0.05, 0.1) is 24.1 Å². The van der Waals surface area contributed by atoms with Crippen molar-refractivity contribution in [2.45, 2.75) is 6.92 Å². The summed E-state index contributed by atoms with van der Waals surface area (Å²) in [5, 5.41) is 8.96. The van der Waals surface area contributed by atoms with Gasteiger partial charge in [0.25, 0.3) is 0 Å². The summed E-state index contributed by atoms with van der Waals surface area (Å²) >= 11 is 5.48. The summed E-state index contributed by atoms with van der Waals surface area (Å²) in [7, 11) is 1.46. The molecule has 1 rings (SSSR count). The monoisotopic (exact) mass is 223 g/mol. The van der Waals surface area contributed by atoms with Crippen molar-refractivity contribution in [1.82, 2.24) is 0 Å². The summed E-state index contributed by atoms with van der Waals surface area (Å²) < 4.78 is 5.04. The Morgan fingerprint density at radius 1 is 1.60 bits per heavy atom. The molecule has 3 nitrogen and oxygen atoms in total. The van der Waals surface area contributed by atoms with Gasteiger partial charge in [0, 0.05) is 0 Å². The number of Topliss-reactive ketones (excluding diaryl/α,β-unsaturated/α-hetero) is 1. The van der Waals surface area contributed by atoms with Gasteiger partial charge in [-0.15, -0.1) is 11.6 Å². The molecule has 0 bridgehead atoms. The summed E-state index contributed by atoms with van der Waals surface area (Å²) in [6.07, 6.45) is 0. The Balaban J connectivity index is 3.49. The van der Waals surface area contributed by atoms with Gasteiger partial charge in [-0.3, -0.25) is 4.79 Å². The van der Waals surface area contributed by atoms with Crippen LogP contribution in [0.2, 0.25) is 0 Å². The van der Waals surface area contributed by atoms with Crippen LogP contribution in [0, 0.1) is 18.3 Å². The van der Waals surface area contributed by atoms with Crippen LogP contribution < -0.4 is 4.74 Å². The first-order valence-electron chi connectivity index (χ1n) is 4.32. The van der Waals surface area contributed by atoms with Crippen LogP contribution in [0.4, 0.5) is 0 Å². The number of nitriles is 1. The van der Waals surface area contributed by atoms with Gasteiger partial charge in [-0.05, 0) is 18.6 Å². The van der Waals surface area contributed by atoms with Gasteiger partial charge >= 0.3 is 0 Å². The second-order valence-electron chi connectivity index (χ2n) is 3.00. The fraction of sp³-hybridized carbons (Fsp3) is 0.273. The first kappa shape index (κ1) is 11.5. The van der Waals surface area contributed by atoms with Crippen molar-refractivity contribution >= 4 is 17.4 Å².